The predicted molar refractivity (Wildman–Crippen MR) is 136 cm³/mol. The fourth-order valence-electron chi connectivity index (χ4n) is 4.12. The average molecular weight is 490 g/mol. The summed E-state index contributed by atoms with van der Waals surface area (Å²) in [4.78, 5) is 22.2. The SMILES string of the molecule is CSc1c2c(nc(NC(=O)CCc3ccc(CC(C)C)cc3)n3nc(-c4ccco4)nc23)nn1C. The van der Waals surface area contributed by atoms with Gasteiger partial charge < -0.3 is 4.42 Å². The van der Waals surface area contributed by atoms with Crippen molar-refractivity contribution in [1.29, 1.82) is 0 Å². The number of nitrogens with one attached hydrogen (secondary N) is 1. The lowest BCUT2D eigenvalue weighted by atomic mass is 10.0. The van der Waals surface area contributed by atoms with Crippen LogP contribution in [-0.2, 0) is 24.7 Å². The molecule has 0 aliphatic heterocycles. The minimum absolute atomic E-state index is 0.152. The van der Waals surface area contributed by atoms with Gasteiger partial charge in [-0.25, -0.2) is 4.98 Å². The molecule has 1 amide bonds. The summed E-state index contributed by atoms with van der Waals surface area (Å²) in [7, 11) is 1.86. The van der Waals surface area contributed by atoms with E-state index in [-0.39, 0.29) is 11.9 Å². The number of amides is 1. The first kappa shape index (κ1) is 23.1. The van der Waals surface area contributed by atoms with E-state index in [4.69, 9.17) is 9.40 Å². The first-order valence-corrected chi connectivity index (χ1v) is 12.7. The smallest absolute Gasteiger partial charge is 0.234 e. The van der Waals surface area contributed by atoms with Crippen LogP contribution in [0.1, 0.15) is 31.4 Å². The molecule has 0 radical (unpaired) electrons. The van der Waals surface area contributed by atoms with E-state index >= 15 is 0 Å². The molecule has 9 nitrogen and oxygen atoms in total. The van der Waals surface area contributed by atoms with Gasteiger partial charge in [-0.2, -0.15) is 14.6 Å². The summed E-state index contributed by atoms with van der Waals surface area (Å²) < 4.78 is 8.81. The van der Waals surface area contributed by atoms with Crippen molar-refractivity contribution in [3.05, 3.63) is 53.8 Å². The van der Waals surface area contributed by atoms with Crippen LogP contribution in [-0.4, -0.2) is 41.5 Å². The van der Waals surface area contributed by atoms with E-state index in [9.17, 15) is 4.79 Å². The molecule has 0 fully saturated rings. The van der Waals surface area contributed by atoms with Gasteiger partial charge in [0.25, 0.3) is 0 Å². The average Bonchev–Trinajstić information content (AvgIpc) is 3.56. The fourth-order valence-corrected chi connectivity index (χ4v) is 4.81. The van der Waals surface area contributed by atoms with Gasteiger partial charge in [0, 0.05) is 13.5 Å². The topological polar surface area (TPSA) is 103 Å². The summed E-state index contributed by atoms with van der Waals surface area (Å²) in [5, 5.41) is 13.7. The number of nitrogens with zero attached hydrogens (tertiary/aromatic N) is 6. The molecule has 5 rings (SSSR count). The zero-order valence-electron chi connectivity index (χ0n) is 20.1. The molecule has 5 aromatic rings. The van der Waals surface area contributed by atoms with Crippen molar-refractivity contribution in [3.63, 3.8) is 0 Å². The van der Waals surface area contributed by atoms with Crippen LogP contribution in [0.25, 0.3) is 28.3 Å². The van der Waals surface area contributed by atoms with E-state index in [1.165, 1.54) is 5.56 Å². The van der Waals surface area contributed by atoms with E-state index in [1.807, 2.05) is 13.3 Å². The van der Waals surface area contributed by atoms with E-state index in [0.29, 0.717) is 41.6 Å². The lowest BCUT2D eigenvalue weighted by molar-refractivity contribution is -0.116. The Balaban J connectivity index is 1.42. The second-order valence-corrected chi connectivity index (χ2v) is 9.67. The highest BCUT2D eigenvalue weighted by atomic mass is 32.2. The zero-order valence-corrected chi connectivity index (χ0v) is 21.0. The van der Waals surface area contributed by atoms with Crippen LogP contribution >= 0.6 is 11.8 Å². The van der Waals surface area contributed by atoms with Crippen LogP contribution in [0.15, 0.2) is 52.1 Å². The van der Waals surface area contributed by atoms with Gasteiger partial charge in [-0.15, -0.1) is 16.9 Å². The fraction of sp³-hybridized carbons (Fsp3) is 0.320. The number of rotatable bonds is 8. The van der Waals surface area contributed by atoms with Gasteiger partial charge in [0.2, 0.25) is 17.7 Å². The van der Waals surface area contributed by atoms with Crippen molar-refractivity contribution in [2.24, 2.45) is 13.0 Å². The molecule has 1 N–H and O–H groups in total. The first-order chi connectivity index (χ1) is 16.9. The van der Waals surface area contributed by atoms with E-state index in [2.05, 4.69) is 58.6 Å². The number of aryl methyl sites for hydroxylation is 2. The Bertz CT molecular complexity index is 1480. The number of anilines is 1. The minimum atomic E-state index is -0.152. The number of carbonyl (C=O) groups excluding carboxylic acids is 1. The monoisotopic (exact) mass is 489 g/mol. The van der Waals surface area contributed by atoms with Crippen LogP contribution in [0.2, 0.25) is 0 Å². The Morgan fingerprint density at radius 1 is 1.11 bits per heavy atom. The number of hydrogen-bond acceptors (Lipinski definition) is 7. The van der Waals surface area contributed by atoms with Crippen molar-refractivity contribution >= 4 is 40.3 Å². The van der Waals surface area contributed by atoms with Crippen LogP contribution < -0.4 is 5.32 Å². The summed E-state index contributed by atoms with van der Waals surface area (Å²) in [5.74, 6) is 1.69. The van der Waals surface area contributed by atoms with Crippen LogP contribution in [0.3, 0.4) is 0 Å². The standard InChI is InChI=1S/C25H27N7O2S/c1-15(2)14-17-9-7-16(8-10-17)11-12-19(33)26-25-28-22-20(24(35-4)31(3)29-22)23-27-21(30-32(23)25)18-6-5-13-34-18/h5-10,13,15H,11-12,14H2,1-4H3,(H,26,28,29,33). The number of carbonyl (C=O) groups is 1. The maximum Gasteiger partial charge on any atom is 0.234 e. The number of furan rings is 1. The molecule has 0 atom stereocenters. The molecule has 1 aromatic carbocycles. The summed E-state index contributed by atoms with van der Waals surface area (Å²) in [6.45, 7) is 4.42. The molecule has 35 heavy (non-hydrogen) atoms. The Labute approximate surface area is 206 Å². The Morgan fingerprint density at radius 2 is 1.89 bits per heavy atom. The second kappa shape index (κ2) is 9.53. The van der Waals surface area contributed by atoms with Crippen molar-refractivity contribution in [2.45, 2.75) is 38.1 Å². The molecule has 0 bridgehead atoms. The summed E-state index contributed by atoms with van der Waals surface area (Å²) in [6.07, 6.45) is 5.55. The van der Waals surface area contributed by atoms with E-state index < -0.39 is 0 Å². The quantitative estimate of drug-likeness (QED) is 0.313. The molecule has 0 aliphatic rings. The third-order valence-corrected chi connectivity index (χ3v) is 6.57. The number of fused-ring (bicyclic) bond motifs is 3. The lowest BCUT2D eigenvalue weighted by Crippen LogP contribution is -2.16. The van der Waals surface area contributed by atoms with Gasteiger partial charge in [-0.1, -0.05) is 38.1 Å². The molecule has 0 saturated carbocycles. The Kier molecular flexibility index (Phi) is 6.29. The third-order valence-electron chi connectivity index (χ3n) is 5.71. The van der Waals surface area contributed by atoms with Gasteiger partial charge in [0.15, 0.2) is 17.1 Å². The van der Waals surface area contributed by atoms with Crippen LogP contribution in [0.4, 0.5) is 5.95 Å². The highest BCUT2D eigenvalue weighted by Crippen LogP contribution is 2.31. The summed E-state index contributed by atoms with van der Waals surface area (Å²) in [6, 6.07) is 12.0. The Morgan fingerprint density at radius 3 is 2.57 bits per heavy atom. The van der Waals surface area contributed by atoms with Gasteiger partial charge in [-0.05, 0) is 48.3 Å². The number of thioether (sulfide) groups is 1. The van der Waals surface area contributed by atoms with Crippen molar-refractivity contribution in [3.8, 4) is 11.6 Å². The normalized spacial score (nSPS) is 11.7. The van der Waals surface area contributed by atoms with Gasteiger partial charge in [0.05, 0.1) is 11.6 Å². The third kappa shape index (κ3) is 4.66. The molecular weight excluding hydrogens is 462 g/mol. The van der Waals surface area contributed by atoms with Gasteiger partial charge in [0.1, 0.15) is 5.03 Å². The second-order valence-electron chi connectivity index (χ2n) is 8.88. The molecule has 0 spiro atoms. The van der Waals surface area contributed by atoms with Crippen molar-refractivity contribution in [1.82, 2.24) is 29.4 Å². The van der Waals surface area contributed by atoms with Crippen LogP contribution in [0, 0.1) is 5.92 Å². The molecule has 180 valence electrons. The molecule has 0 saturated heterocycles. The minimum Gasteiger partial charge on any atom is -0.461 e. The lowest BCUT2D eigenvalue weighted by Gasteiger charge is -2.08. The molecular formula is C25H27N7O2S. The maximum atomic E-state index is 12.9. The molecule has 0 aliphatic carbocycles. The first-order valence-electron chi connectivity index (χ1n) is 11.5. The highest BCUT2D eigenvalue weighted by molar-refractivity contribution is 7.98. The predicted octanol–water partition coefficient (Wildman–Crippen LogP) is 4.76. The van der Waals surface area contributed by atoms with E-state index in [1.54, 1.807) is 39.4 Å². The van der Waals surface area contributed by atoms with Crippen molar-refractivity contribution in [2.75, 3.05) is 11.6 Å². The van der Waals surface area contributed by atoms with Gasteiger partial charge in [-0.3, -0.25) is 14.8 Å². The van der Waals surface area contributed by atoms with Gasteiger partial charge >= 0.3 is 0 Å². The van der Waals surface area contributed by atoms with Crippen molar-refractivity contribution < 1.29 is 9.21 Å². The number of hydrogen-bond donors (Lipinski definition) is 1. The summed E-state index contributed by atoms with van der Waals surface area (Å²) in [5.41, 5.74) is 3.50. The zero-order chi connectivity index (χ0) is 24.5. The largest absolute Gasteiger partial charge is 0.461 e. The highest BCUT2D eigenvalue weighted by Gasteiger charge is 2.22. The van der Waals surface area contributed by atoms with Crippen LogP contribution in [0.5, 0.6) is 0 Å². The Hall–Kier alpha value is -3.66. The van der Waals surface area contributed by atoms with E-state index in [0.717, 1.165) is 22.4 Å². The molecule has 4 aromatic heterocycles. The summed E-state index contributed by atoms with van der Waals surface area (Å²) >= 11 is 1.55. The number of benzene rings is 1. The molecule has 10 heteroatoms. The molecule has 0 unspecified atom stereocenters. The molecule has 4 heterocycles. The number of aromatic nitrogens is 6. The maximum absolute atomic E-state index is 12.9.